The Morgan fingerprint density at radius 1 is 1.00 bits per heavy atom. The van der Waals surface area contributed by atoms with E-state index in [9.17, 15) is 26.7 Å². The predicted octanol–water partition coefficient (Wildman–Crippen LogP) is 2.43. The molecule has 8 heteroatoms. The quantitative estimate of drug-likeness (QED) is 0.381. The summed E-state index contributed by atoms with van der Waals surface area (Å²) in [6.45, 7) is 2.35. The molecule has 0 aliphatic carbocycles. The molecule has 98 valence electrons. The molecule has 0 unspecified atom stereocenters. The fourth-order valence-electron chi connectivity index (χ4n) is 1.03. The Morgan fingerprint density at radius 2 is 1.39 bits per heavy atom. The van der Waals surface area contributed by atoms with Crippen molar-refractivity contribution in [2.75, 3.05) is 11.9 Å². The molecule has 0 radical (unpaired) electrons. The van der Waals surface area contributed by atoms with Crippen LogP contribution in [0.1, 0.15) is 0 Å². The number of hydrogen-bond donors (Lipinski definition) is 2. The number of aliphatic carboxylic acids is 1. The normalized spacial score (nSPS) is 10.3. The van der Waals surface area contributed by atoms with Gasteiger partial charge in [0, 0.05) is 12.1 Å². The van der Waals surface area contributed by atoms with E-state index < -0.39 is 52.9 Å². The van der Waals surface area contributed by atoms with Crippen LogP contribution in [0.4, 0.5) is 27.6 Å². The fourth-order valence-corrected chi connectivity index (χ4v) is 1.03. The monoisotopic (exact) mass is 267 g/mol. The molecule has 1 aromatic carbocycles. The van der Waals surface area contributed by atoms with E-state index in [4.69, 9.17) is 5.11 Å². The maximum atomic E-state index is 13.1. The molecular formula is C10H6F5NO2. The molecule has 0 aliphatic rings. The van der Waals surface area contributed by atoms with Crippen LogP contribution in [0.25, 0.3) is 0 Å². The van der Waals surface area contributed by atoms with Gasteiger partial charge in [-0.3, -0.25) is 0 Å². The molecule has 0 amide bonds. The summed E-state index contributed by atoms with van der Waals surface area (Å²) in [5, 5.41) is 10.2. The van der Waals surface area contributed by atoms with Gasteiger partial charge in [0.25, 0.3) is 0 Å². The van der Waals surface area contributed by atoms with Gasteiger partial charge in [0.05, 0.1) is 0 Å². The molecule has 0 fully saturated rings. The van der Waals surface area contributed by atoms with Gasteiger partial charge in [0.15, 0.2) is 23.3 Å². The van der Waals surface area contributed by atoms with Gasteiger partial charge in [-0.25, -0.2) is 26.7 Å². The highest BCUT2D eigenvalue weighted by molar-refractivity contribution is 5.86. The van der Waals surface area contributed by atoms with Crippen molar-refractivity contribution in [3.8, 4) is 0 Å². The average molecular weight is 267 g/mol. The highest BCUT2D eigenvalue weighted by Gasteiger charge is 2.25. The lowest BCUT2D eigenvalue weighted by molar-refractivity contribution is -0.132. The minimum atomic E-state index is -2.28. The summed E-state index contributed by atoms with van der Waals surface area (Å²) in [6.07, 6.45) is 0. The standard InChI is InChI=1S/C10H6F5NO2/c1-3(10(17)18)2-16-9-7(14)5(12)4(11)6(13)8(9)15/h16H,1-2H2,(H,17,18). The lowest BCUT2D eigenvalue weighted by Crippen LogP contribution is -2.15. The van der Waals surface area contributed by atoms with Crippen LogP contribution in [0.3, 0.4) is 0 Å². The van der Waals surface area contributed by atoms with E-state index >= 15 is 0 Å². The Balaban J connectivity index is 3.11. The van der Waals surface area contributed by atoms with E-state index in [0.717, 1.165) is 0 Å². The number of halogens is 5. The number of carbonyl (C=O) groups is 1. The SMILES string of the molecule is C=C(CNc1c(F)c(F)c(F)c(F)c1F)C(=O)O. The van der Waals surface area contributed by atoms with Crippen LogP contribution in [0.5, 0.6) is 0 Å². The first-order valence-corrected chi connectivity index (χ1v) is 4.43. The van der Waals surface area contributed by atoms with E-state index in [2.05, 4.69) is 6.58 Å². The van der Waals surface area contributed by atoms with Gasteiger partial charge in [-0.2, -0.15) is 0 Å². The van der Waals surface area contributed by atoms with Gasteiger partial charge in [-0.05, 0) is 0 Å². The van der Waals surface area contributed by atoms with Gasteiger partial charge >= 0.3 is 5.97 Å². The molecule has 0 bridgehead atoms. The van der Waals surface area contributed by atoms with Gasteiger partial charge in [-0.15, -0.1) is 0 Å². The topological polar surface area (TPSA) is 49.3 Å². The summed E-state index contributed by atoms with van der Waals surface area (Å²) >= 11 is 0. The van der Waals surface area contributed by atoms with E-state index in [1.165, 1.54) is 0 Å². The number of carboxylic acids is 1. The predicted molar refractivity (Wildman–Crippen MR) is 51.5 cm³/mol. The summed E-state index contributed by atoms with van der Waals surface area (Å²) in [5.74, 6) is -12.1. The molecule has 3 nitrogen and oxygen atoms in total. The first kappa shape index (κ1) is 13.9. The van der Waals surface area contributed by atoms with Crippen molar-refractivity contribution in [1.29, 1.82) is 0 Å². The zero-order valence-corrected chi connectivity index (χ0v) is 8.66. The van der Waals surface area contributed by atoms with Gasteiger partial charge in [0.2, 0.25) is 5.82 Å². The van der Waals surface area contributed by atoms with E-state index in [0.29, 0.717) is 0 Å². The second kappa shape index (κ2) is 5.03. The van der Waals surface area contributed by atoms with Crippen LogP contribution in [0.15, 0.2) is 12.2 Å². The first-order valence-electron chi connectivity index (χ1n) is 4.43. The smallest absolute Gasteiger partial charge is 0.332 e. The average Bonchev–Trinajstić information content (AvgIpc) is 2.33. The van der Waals surface area contributed by atoms with Crippen LogP contribution in [0.2, 0.25) is 0 Å². The first-order chi connectivity index (χ1) is 8.27. The van der Waals surface area contributed by atoms with Crippen molar-refractivity contribution in [3.63, 3.8) is 0 Å². The van der Waals surface area contributed by atoms with Crippen molar-refractivity contribution >= 4 is 11.7 Å². The largest absolute Gasteiger partial charge is 0.478 e. The number of benzene rings is 1. The molecule has 0 spiro atoms. The summed E-state index contributed by atoms with van der Waals surface area (Å²) in [7, 11) is 0. The van der Waals surface area contributed by atoms with Gasteiger partial charge in [-0.1, -0.05) is 6.58 Å². The maximum Gasteiger partial charge on any atom is 0.332 e. The second-order valence-corrected chi connectivity index (χ2v) is 3.21. The Bertz CT molecular complexity index is 500. The van der Waals surface area contributed by atoms with Gasteiger partial charge < -0.3 is 10.4 Å². The van der Waals surface area contributed by atoms with Crippen LogP contribution in [0, 0.1) is 29.1 Å². The van der Waals surface area contributed by atoms with Crippen molar-refractivity contribution in [3.05, 3.63) is 41.2 Å². The number of hydrogen-bond acceptors (Lipinski definition) is 2. The summed E-state index contributed by atoms with van der Waals surface area (Å²) in [4.78, 5) is 10.3. The van der Waals surface area contributed by atoms with Crippen molar-refractivity contribution in [2.45, 2.75) is 0 Å². The molecule has 0 atom stereocenters. The zero-order chi connectivity index (χ0) is 14.0. The third-order valence-corrected chi connectivity index (χ3v) is 1.99. The van der Waals surface area contributed by atoms with Crippen LogP contribution >= 0.6 is 0 Å². The number of anilines is 1. The number of nitrogens with one attached hydrogen (secondary N) is 1. The molecule has 0 saturated heterocycles. The van der Waals surface area contributed by atoms with E-state index in [-0.39, 0.29) is 0 Å². The molecule has 0 saturated carbocycles. The fraction of sp³-hybridized carbons (Fsp3) is 0.100. The molecule has 1 rings (SSSR count). The molecule has 18 heavy (non-hydrogen) atoms. The summed E-state index contributed by atoms with van der Waals surface area (Å²) < 4.78 is 64.3. The van der Waals surface area contributed by atoms with E-state index in [1.807, 2.05) is 0 Å². The van der Waals surface area contributed by atoms with Crippen LogP contribution in [-0.2, 0) is 4.79 Å². The van der Waals surface area contributed by atoms with Crippen molar-refractivity contribution < 1.29 is 31.9 Å². The zero-order valence-electron chi connectivity index (χ0n) is 8.66. The Hall–Kier alpha value is -2.12. The summed E-state index contributed by atoms with van der Waals surface area (Å²) in [6, 6.07) is 0. The molecule has 0 heterocycles. The van der Waals surface area contributed by atoms with Gasteiger partial charge in [0.1, 0.15) is 5.69 Å². The highest BCUT2D eigenvalue weighted by atomic mass is 19.2. The van der Waals surface area contributed by atoms with Crippen LogP contribution < -0.4 is 5.32 Å². The minimum absolute atomic E-state index is 0.501. The Morgan fingerprint density at radius 3 is 1.78 bits per heavy atom. The number of carboxylic acid groups (broad SMARTS) is 1. The Kier molecular flexibility index (Phi) is 3.89. The summed E-state index contributed by atoms with van der Waals surface area (Å²) in [5.41, 5.74) is -1.80. The van der Waals surface area contributed by atoms with Crippen molar-refractivity contribution in [1.82, 2.24) is 0 Å². The third kappa shape index (κ3) is 2.41. The number of rotatable bonds is 4. The third-order valence-electron chi connectivity index (χ3n) is 1.99. The molecule has 2 N–H and O–H groups in total. The Labute approximate surface area is 97.5 Å². The second-order valence-electron chi connectivity index (χ2n) is 3.21. The highest BCUT2D eigenvalue weighted by Crippen LogP contribution is 2.27. The molecule has 1 aromatic rings. The van der Waals surface area contributed by atoms with Crippen LogP contribution in [-0.4, -0.2) is 17.6 Å². The van der Waals surface area contributed by atoms with E-state index in [1.54, 1.807) is 5.32 Å². The van der Waals surface area contributed by atoms with Crippen molar-refractivity contribution in [2.24, 2.45) is 0 Å². The lowest BCUT2D eigenvalue weighted by Gasteiger charge is -2.10. The molecule has 0 aromatic heterocycles. The maximum absolute atomic E-state index is 13.1. The lowest BCUT2D eigenvalue weighted by atomic mass is 10.2. The minimum Gasteiger partial charge on any atom is -0.478 e. The molecular weight excluding hydrogens is 261 g/mol. The molecule has 0 aliphatic heterocycles.